The molecule has 3 N–H and O–H groups in total. The summed E-state index contributed by atoms with van der Waals surface area (Å²) in [5, 5.41) is 9.12. The third-order valence-electron chi connectivity index (χ3n) is 4.56. The number of amides is 3. The molecule has 0 spiro atoms. The zero-order valence-electron chi connectivity index (χ0n) is 17.8. The number of nitrogens with one attached hydrogen (secondary N) is 3. The molecule has 0 fully saturated rings. The summed E-state index contributed by atoms with van der Waals surface area (Å²) in [6, 6.07) is 16.6. The maximum absolute atomic E-state index is 12.9. The van der Waals surface area contributed by atoms with Crippen molar-refractivity contribution in [2.24, 2.45) is 0 Å². The smallest absolute Gasteiger partial charge is 0.408 e. The molecular weight excluding hydrogens is 462 g/mol. The van der Waals surface area contributed by atoms with Crippen molar-refractivity contribution in [3.63, 3.8) is 0 Å². The van der Waals surface area contributed by atoms with Gasteiger partial charge in [0.2, 0.25) is 9.86 Å². The van der Waals surface area contributed by atoms with Crippen LogP contribution in [0, 0.1) is 3.95 Å². The van der Waals surface area contributed by atoms with Crippen molar-refractivity contribution in [2.75, 3.05) is 5.43 Å². The lowest BCUT2D eigenvalue weighted by atomic mass is 10.1. The summed E-state index contributed by atoms with van der Waals surface area (Å²) in [5.74, 6) is -1.03. The molecular formula is C22H23N5O4S2. The van der Waals surface area contributed by atoms with E-state index in [2.05, 4.69) is 21.2 Å². The lowest BCUT2D eigenvalue weighted by Gasteiger charge is -2.21. The van der Waals surface area contributed by atoms with Crippen molar-refractivity contribution >= 4 is 41.5 Å². The third kappa shape index (κ3) is 7.51. The van der Waals surface area contributed by atoms with Gasteiger partial charge in [-0.3, -0.25) is 9.59 Å². The molecule has 33 heavy (non-hydrogen) atoms. The Labute approximate surface area is 199 Å². The standard InChI is InChI=1S/C22H23N5O4S2/c1-15(19(28)26-27-22(32)33-14-23-27)24-20(29)18(12-16-8-4-2-5-9-16)25-21(30)31-13-17-10-6-3-7-11-17/h2-11,14-15,18H,12-13H2,1H3,(H,24,29)(H,25,30)(H,26,28). The van der Waals surface area contributed by atoms with Crippen LogP contribution in [0.15, 0.2) is 66.2 Å². The second-order valence-electron chi connectivity index (χ2n) is 7.07. The fourth-order valence-corrected chi connectivity index (χ4v) is 3.48. The van der Waals surface area contributed by atoms with Gasteiger partial charge < -0.3 is 15.4 Å². The van der Waals surface area contributed by atoms with Crippen molar-refractivity contribution < 1.29 is 19.1 Å². The summed E-state index contributed by atoms with van der Waals surface area (Å²) in [4.78, 5) is 38.9. The van der Waals surface area contributed by atoms with Crippen LogP contribution in [0.4, 0.5) is 4.79 Å². The molecule has 2 unspecified atom stereocenters. The normalized spacial score (nSPS) is 12.3. The number of ether oxygens (including phenoxy) is 1. The fourth-order valence-electron chi connectivity index (χ4n) is 2.83. The average Bonchev–Trinajstić information content (AvgIpc) is 3.22. The molecule has 0 aliphatic heterocycles. The second-order valence-corrected chi connectivity index (χ2v) is 8.55. The van der Waals surface area contributed by atoms with Crippen molar-refractivity contribution in [3.8, 4) is 0 Å². The van der Waals surface area contributed by atoms with Crippen molar-refractivity contribution in [3.05, 3.63) is 81.3 Å². The summed E-state index contributed by atoms with van der Waals surface area (Å²) >= 11 is 6.25. The lowest BCUT2D eigenvalue weighted by molar-refractivity contribution is -0.127. The predicted octanol–water partition coefficient (Wildman–Crippen LogP) is 2.79. The van der Waals surface area contributed by atoms with E-state index in [1.54, 1.807) is 0 Å². The number of rotatable bonds is 9. The Hall–Kier alpha value is -3.57. The summed E-state index contributed by atoms with van der Waals surface area (Å²) in [6.45, 7) is 1.59. The Morgan fingerprint density at radius 3 is 2.24 bits per heavy atom. The minimum absolute atomic E-state index is 0.0689. The zero-order chi connectivity index (χ0) is 23.6. The molecule has 0 aliphatic rings. The number of hydrogen-bond acceptors (Lipinski definition) is 7. The zero-order valence-corrected chi connectivity index (χ0v) is 19.4. The van der Waals surface area contributed by atoms with Gasteiger partial charge in [0.25, 0.3) is 5.91 Å². The molecule has 1 heterocycles. The molecule has 1 aromatic heterocycles. The Balaban J connectivity index is 1.62. The van der Waals surface area contributed by atoms with Gasteiger partial charge in [0.1, 0.15) is 24.2 Å². The first-order valence-electron chi connectivity index (χ1n) is 10.1. The highest BCUT2D eigenvalue weighted by atomic mass is 32.1. The SMILES string of the molecule is CC(NC(=O)C(Cc1ccccc1)NC(=O)OCc1ccccc1)C(=O)Nn1ncsc1=S. The van der Waals surface area contributed by atoms with Gasteiger partial charge in [-0.1, -0.05) is 72.0 Å². The van der Waals surface area contributed by atoms with Gasteiger partial charge in [-0.05, 0) is 30.3 Å². The number of aromatic nitrogens is 2. The first-order valence-corrected chi connectivity index (χ1v) is 11.4. The van der Waals surface area contributed by atoms with Crippen LogP contribution in [-0.4, -0.2) is 39.9 Å². The van der Waals surface area contributed by atoms with Crippen LogP contribution in [0.2, 0.25) is 0 Å². The maximum Gasteiger partial charge on any atom is 0.408 e. The van der Waals surface area contributed by atoms with Crippen LogP contribution in [0.25, 0.3) is 0 Å². The highest BCUT2D eigenvalue weighted by molar-refractivity contribution is 7.73. The van der Waals surface area contributed by atoms with Gasteiger partial charge in [-0.25, -0.2) is 10.2 Å². The Kier molecular flexibility index (Phi) is 8.67. The van der Waals surface area contributed by atoms with Gasteiger partial charge in [-0.2, -0.15) is 0 Å². The highest BCUT2D eigenvalue weighted by Gasteiger charge is 2.25. The molecule has 0 saturated carbocycles. The van der Waals surface area contributed by atoms with E-state index in [0.29, 0.717) is 3.95 Å². The second kappa shape index (κ2) is 11.9. The Bertz CT molecular complexity index is 1130. The van der Waals surface area contributed by atoms with E-state index in [9.17, 15) is 14.4 Å². The predicted molar refractivity (Wildman–Crippen MR) is 127 cm³/mol. The third-order valence-corrected chi connectivity index (χ3v) is 5.60. The molecule has 0 radical (unpaired) electrons. The van der Waals surface area contributed by atoms with E-state index >= 15 is 0 Å². The molecule has 9 nitrogen and oxygen atoms in total. The molecule has 3 rings (SSSR count). The van der Waals surface area contributed by atoms with E-state index < -0.39 is 30.0 Å². The van der Waals surface area contributed by atoms with Gasteiger partial charge in [0.15, 0.2) is 0 Å². The van der Waals surface area contributed by atoms with Crippen LogP contribution in [0.5, 0.6) is 0 Å². The van der Waals surface area contributed by atoms with Gasteiger partial charge in [-0.15, -0.1) is 9.89 Å². The van der Waals surface area contributed by atoms with Crippen molar-refractivity contribution in [2.45, 2.75) is 32.0 Å². The molecule has 3 amide bonds. The summed E-state index contributed by atoms with van der Waals surface area (Å²) in [6.07, 6.45) is -0.515. The van der Waals surface area contributed by atoms with E-state index in [0.717, 1.165) is 15.9 Å². The number of alkyl carbamates (subject to hydrolysis) is 1. The number of benzene rings is 2. The highest BCUT2D eigenvalue weighted by Crippen LogP contribution is 2.06. The van der Waals surface area contributed by atoms with Crippen LogP contribution in [-0.2, 0) is 27.4 Å². The number of carbonyl (C=O) groups excluding carboxylic acids is 3. The molecule has 0 aliphatic carbocycles. The largest absolute Gasteiger partial charge is 0.445 e. The molecule has 2 atom stereocenters. The summed E-state index contributed by atoms with van der Waals surface area (Å²) in [7, 11) is 0. The first kappa shape index (κ1) is 24.1. The topological polar surface area (TPSA) is 114 Å². The monoisotopic (exact) mass is 485 g/mol. The Morgan fingerprint density at radius 1 is 1.00 bits per heavy atom. The fraction of sp³-hybridized carbons (Fsp3) is 0.227. The molecule has 172 valence electrons. The quantitative estimate of drug-likeness (QED) is 0.402. The summed E-state index contributed by atoms with van der Waals surface area (Å²) in [5.41, 5.74) is 5.66. The molecule has 0 saturated heterocycles. The minimum atomic E-state index is -0.952. The summed E-state index contributed by atoms with van der Waals surface area (Å²) < 4.78 is 5.62. The average molecular weight is 486 g/mol. The Morgan fingerprint density at radius 2 is 1.64 bits per heavy atom. The number of hydrogen-bond donors (Lipinski definition) is 3. The van der Waals surface area contributed by atoms with Gasteiger partial charge >= 0.3 is 6.09 Å². The molecule has 0 bridgehead atoms. The van der Waals surface area contributed by atoms with Gasteiger partial charge in [0, 0.05) is 6.42 Å². The van der Waals surface area contributed by atoms with Crippen LogP contribution in [0.1, 0.15) is 18.1 Å². The molecule has 11 heteroatoms. The van der Waals surface area contributed by atoms with E-state index in [-0.39, 0.29) is 13.0 Å². The van der Waals surface area contributed by atoms with Crippen molar-refractivity contribution in [1.82, 2.24) is 20.5 Å². The van der Waals surface area contributed by atoms with Crippen LogP contribution in [0.3, 0.4) is 0 Å². The number of carbonyl (C=O) groups is 3. The first-order chi connectivity index (χ1) is 15.9. The molecule has 2 aromatic carbocycles. The minimum Gasteiger partial charge on any atom is -0.445 e. The van der Waals surface area contributed by atoms with E-state index in [1.807, 2.05) is 60.7 Å². The molecule has 3 aromatic rings. The number of nitrogens with zero attached hydrogens (tertiary/aromatic N) is 2. The van der Waals surface area contributed by atoms with E-state index in [1.165, 1.54) is 23.8 Å². The van der Waals surface area contributed by atoms with Crippen molar-refractivity contribution in [1.29, 1.82) is 0 Å². The lowest BCUT2D eigenvalue weighted by Crippen LogP contribution is -2.53. The maximum atomic E-state index is 12.9. The van der Waals surface area contributed by atoms with Crippen LogP contribution >= 0.6 is 23.6 Å². The van der Waals surface area contributed by atoms with Crippen LogP contribution < -0.4 is 16.1 Å². The van der Waals surface area contributed by atoms with Gasteiger partial charge in [0.05, 0.1) is 0 Å². The van der Waals surface area contributed by atoms with E-state index in [4.69, 9.17) is 17.0 Å².